The lowest BCUT2D eigenvalue weighted by molar-refractivity contribution is 0.281. The normalized spacial score (nSPS) is 20.5. The maximum Gasteiger partial charge on any atom is 0.122 e. The second kappa shape index (κ2) is 6.90. The van der Waals surface area contributed by atoms with E-state index < -0.39 is 0 Å². The van der Waals surface area contributed by atoms with Crippen molar-refractivity contribution in [3.8, 4) is 0 Å². The van der Waals surface area contributed by atoms with E-state index >= 15 is 0 Å². The summed E-state index contributed by atoms with van der Waals surface area (Å²) in [5.74, 6) is 2.05. The summed E-state index contributed by atoms with van der Waals surface area (Å²) in [6, 6.07) is 0. The molecule has 0 radical (unpaired) electrons. The zero-order chi connectivity index (χ0) is 12.8. The smallest absolute Gasteiger partial charge is 0.122 e. The third-order valence-electron chi connectivity index (χ3n) is 3.88. The number of imidazole rings is 1. The predicted molar refractivity (Wildman–Crippen MR) is 74.4 cm³/mol. The lowest BCUT2D eigenvalue weighted by atomic mass is 9.95. The summed E-state index contributed by atoms with van der Waals surface area (Å²) in [4.78, 5) is 6.74. The average molecular weight is 250 g/mol. The largest absolute Gasteiger partial charge is 0.337 e. The van der Waals surface area contributed by atoms with Gasteiger partial charge in [-0.3, -0.25) is 4.90 Å². The molecule has 0 spiro atoms. The summed E-state index contributed by atoms with van der Waals surface area (Å²) < 4.78 is 2.10. The Bertz CT molecular complexity index is 341. The number of aromatic nitrogens is 2. The molecule has 1 atom stereocenters. The van der Waals surface area contributed by atoms with Crippen molar-refractivity contribution < 1.29 is 0 Å². The molecule has 0 saturated carbocycles. The first-order chi connectivity index (χ1) is 8.75. The second-order valence-corrected chi connectivity index (χ2v) is 5.55. The minimum Gasteiger partial charge on any atom is -0.337 e. The summed E-state index contributed by atoms with van der Waals surface area (Å²) >= 11 is 0. The molecule has 1 unspecified atom stereocenters. The summed E-state index contributed by atoms with van der Waals surface area (Å²) in [5, 5.41) is 3.49. The van der Waals surface area contributed by atoms with Crippen molar-refractivity contribution in [2.75, 3.05) is 26.7 Å². The molecule has 1 aromatic rings. The molecule has 4 nitrogen and oxygen atoms in total. The van der Waals surface area contributed by atoms with Crippen LogP contribution in [0, 0.1) is 5.92 Å². The first-order valence-electron chi connectivity index (χ1n) is 7.11. The van der Waals surface area contributed by atoms with E-state index in [0.717, 1.165) is 18.3 Å². The number of piperidine rings is 1. The SMILES string of the molecule is CN(CCCC1CCCNC1)Cc1nccn1C. The quantitative estimate of drug-likeness (QED) is 0.833. The van der Waals surface area contributed by atoms with Crippen LogP contribution in [0.4, 0.5) is 0 Å². The molecular weight excluding hydrogens is 224 g/mol. The van der Waals surface area contributed by atoms with E-state index in [9.17, 15) is 0 Å². The maximum atomic E-state index is 4.36. The fraction of sp³-hybridized carbons (Fsp3) is 0.786. The van der Waals surface area contributed by atoms with Crippen molar-refractivity contribution in [2.24, 2.45) is 13.0 Å². The zero-order valence-corrected chi connectivity index (χ0v) is 11.7. The molecule has 0 aliphatic carbocycles. The average Bonchev–Trinajstić information content (AvgIpc) is 2.76. The second-order valence-electron chi connectivity index (χ2n) is 5.55. The predicted octanol–water partition coefficient (Wildman–Crippen LogP) is 1.63. The first kappa shape index (κ1) is 13.6. The topological polar surface area (TPSA) is 33.1 Å². The van der Waals surface area contributed by atoms with Crippen molar-refractivity contribution in [2.45, 2.75) is 32.2 Å². The molecule has 1 aliphatic heterocycles. The lowest BCUT2D eigenvalue weighted by Crippen LogP contribution is -2.30. The van der Waals surface area contributed by atoms with Gasteiger partial charge in [0.1, 0.15) is 5.82 Å². The number of hydrogen-bond acceptors (Lipinski definition) is 3. The third-order valence-corrected chi connectivity index (χ3v) is 3.88. The van der Waals surface area contributed by atoms with Crippen LogP contribution in [-0.2, 0) is 13.6 Å². The van der Waals surface area contributed by atoms with Crippen LogP contribution in [0.25, 0.3) is 0 Å². The standard InChI is InChI=1S/C14H26N4/c1-17(12-14-16-8-10-18(14)2)9-4-6-13-5-3-7-15-11-13/h8,10,13,15H,3-7,9,11-12H2,1-2H3. The molecule has 2 heterocycles. The highest BCUT2D eigenvalue weighted by Gasteiger charge is 2.12. The number of aryl methyl sites for hydroxylation is 1. The molecule has 1 aliphatic rings. The zero-order valence-electron chi connectivity index (χ0n) is 11.7. The molecule has 1 saturated heterocycles. The van der Waals surface area contributed by atoms with Crippen LogP contribution < -0.4 is 5.32 Å². The minimum atomic E-state index is 0.903. The number of nitrogens with one attached hydrogen (secondary N) is 1. The van der Waals surface area contributed by atoms with E-state index in [1.807, 2.05) is 12.4 Å². The van der Waals surface area contributed by atoms with Crippen molar-refractivity contribution >= 4 is 0 Å². The Morgan fingerprint density at radius 2 is 2.44 bits per heavy atom. The molecule has 0 bridgehead atoms. The van der Waals surface area contributed by atoms with Crippen LogP contribution in [-0.4, -0.2) is 41.1 Å². The highest BCUT2D eigenvalue weighted by Crippen LogP contribution is 2.16. The van der Waals surface area contributed by atoms with Crippen LogP contribution in [0.2, 0.25) is 0 Å². The molecule has 1 fully saturated rings. The Hall–Kier alpha value is -0.870. The number of nitrogens with zero attached hydrogens (tertiary/aromatic N) is 3. The minimum absolute atomic E-state index is 0.903. The Kier molecular flexibility index (Phi) is 5.20. The fourth-order valence-electron chi connectivity index (χ4n) is 2.69. The van der Waals surface area contributed by atoms with Crippen molar-refractivity contribution in [1.82, 2.24) is 19.8 Å². The van der Waals surface area contributed by atoms with Gasteiger partial charge < -0.3 is 9.88 Å². The van der Waals surface area contributed by atoms with Crippen LogP contribution in [0.1, 0.15) is 31.5 Å². The summed E-state index contributed by atoms with van der Waals surface area (Å²) in [6.07, 6.45) is 9.31. The van der Waals surface area contributed by atoms with Gasteiger partial charge in [0.2, 0.25) is 0 Å². The van der Waals surface area contributed by atoms with E-state index in [4.69, 9.17) is 0 Å². The molecular formula is C14H26N4. The number of rotatable bonds is 6. The van der Waals surface area contributed by atoms with Crippen molar-refractivity contribution in [3.05, 3.63) is 18.2 Å². The third kappa shape index (κ3) is 4.10. The van der Waals surface area contributed by atoms with Gasteiger partial charge in [-0.15, -0.1) is 0 Å². The molecule has 4 heteroatoms. The molecule has 1 aromatic heterocycles. The maximum absolute atomic E-state index is 4.36. The Morgan fingerprint density at radius 1 is 1.56 bits per heavy atom. The molecule has 18 heavy (non-hydrogen) atoms. The van der Waals surface area contributed by atoms with E-state index in [1.54, 1.807) is 0 Å². The molecule has 2 rings (SSSR count). The van der Waals surface area contributed by atoms with Gasteiger partial charge in [-0.25, -0.2) is 4.98 Å². The van der Waals surface area contributed by atoms with Crippen LogP contribution in [0.5, 0.6) is 0 Å². The fourth-order valence-corrected chi connectivity index (χ4v) is 2.69. The van der Waals surface area contributed by atoms with Crippen molar-refractivity contribution in [3.63, 3.8) is 0 Å². The van der Waals surface area contributed by atoms with E-state index in [1.165, 1.54) is 45.3 Å². The Labute approximate surface area is 110 Å². The lowest BCUT2D eigenvalue weighted by Gasteiger charge is -2.23. The van der Waals surface area contributed by atoms with Gasteiger partial charge in [0.25, 0.3) is 0 Å². The monoisotopic (exact) mass is 250 g/mol. The number of hydrogen-bond donors (Lipinski definition) is 1. The van der Waals surface area contributed by atoms with Gasteiger partial charge >= 0.3 is 0 Å². The van der Waals surface area contributed by atoms with Crippen molar-refractivity contribution in [1.29, 1.82) is 0 Å². The summed E-state index contributed by atoms with van der Waals surface area (Å²) in [7, 11) is 4.25. The summed E-state index contributed by atoms with van der Waals surface area (Å²) in [5.41, 5.74) is 0. The highest BCUT2D eigenvalue weighted by atomic mass is 15.1. The molecule has 102 valence electrons. The van der Waals surface area contributed by atoms with Gasteiger partial charge in [0, 0.05) is 19.4 Å². The molecule has 1 N–H and O–H groups in total. The van der Waals surface area contributed by atoms with E-state index in [-0.39, 0.29) is 0 Å². The van der Waals surface area contributed by atoms with Gasteiger partial charge in [-0.05, 0) is 58.3 Å². The van der Waals surface area contributed by atoms with Crippen LogP contribution in [0.15, 0.2) is 12.4 Å². The van der Waals surface area contributed by atoms with Gasteiger partial charge in [0.15, 0.2) is 0 Å². The Morgan fingerprint density at radius 3 is 3.11 bits per heavy atom. The molecule has 0 aromatic carbocycles. The van der Waals surface area contributed by atoms with E-state index in [0.29, 0.717) is 0 Å². The van der Waals surface area contributed by atoms with Crippen LogP contribution in [0.3, 0.4) is 0 Å². The highest BCUT2D eigenvalue weighted by molar-refractivity contribution is 4.90. The molecule has 0 amide bonds. The summed E-state index contributed by atoms with van der Waals surface area (Å²) in [6.45, 7) is 4.56. The van der Waals surface area contributed by atoms with Crippen LogP contribution >= 0.6 is 0 Å². The first-order valence-corrected chi connectivity index (χ1v) is 7.11. The van der Waals surface area contributed by atoms with E-state index in [2.05, 4.69) is 33.9 Å². The van der Waals surface area contributed by atoms with Gasteiger partial charge in [-0.1, -0.05) is 0 Å². The van der Waals surface area contributed by atoms with Gasteiger partial charge in [-0.2, -0.15) is 0 Å². The Balaban J connectivity index is 1.62. The van der Waals surface area contributed by atoms with Gasteiger partial charge in [0.05, 0.1) is 6.54 Å².